The van der Waals surface area contributed by atoms with Gasteiger partial charge < -0.3 is 10.1 Å². The molecule has 1 aliphatic rings. The first-order chi connectivity index (χ1) is 10.2. The van der Waals surface area contributed by atoms with Crippen LogP contribution < -0.4 is 5.32 Å². The van der Waals surface area contributed by atoms with Gasteiger partial charge in [-0.05, 0) is 53.7 Å². The molecule has 1 aromatic heterocycles. The van der Waals surface area contributed by atoms with Crippen molar-refractivity contribution in [1.29, 1.82) is 0 Å². The molecule has 0 radical (unpaired) electrons. The molecule has 1 aliphatic carbocycles. The molecule has 1 unspecified atom stereocenters. The Balaban J connectivity index is 2.20. The van der Waals surface area contributed by atoms with Crippen LogP contribution in [0.3, 0.4) is 0 Å². The summed E-state index contributed by atoms with van der Waals surface area (Å²) in [5.41, 5.74) is 0.0185. The van der Waals surface area contributed by atoms with Crippen molar-refractivity contribution < 1.29 is 4.74 Å². The van der Waals surface area contributed by atoms with Crippen molar-refractivity contribution in [3.05, 3.63) is 20.8 Å². The van der Waals surface area contributed by atoms with Gasteiger partial charge >= 0.3 is 0 Å². The average Bonchev–Trinajstić information content (AvgIpc) is 2.74. The lowest BCUT2D eigenvalue weighted by atomic mass is 9.83. The summed E-state index contributed by atoms with van der Waals surface area (Å²) in [6.45, 7) is 6.15. The molecular formula is C17H28BrNOS. The minimum atomic E-state index is 0.0185. The molecule has 0 aliphatic heterocycles. The third kappa shape index (κ3) is 4.54. The van der Waals surface area contributed by atoms with E-state index < -0.39 is 0 Å². The standard InChI is InChI=1S/C17H28BrNOS/c1-3-19-16(13-15-14(18)9-12-21-15)17(20-4-2)10-7-5-6-8-11-17/h9,12,16,19H,3-8,10-11,13H2,1-2H3. The summed E-state index contributed by atoms with van der Waals surface area (Å²) in [6, 6.07) is 2.57. The fourth-order valence-electron chi connectivity index (χ4n) is 3.55. The molecule has 120 valence electrons. The second-order valence-electron chi connectivity index (χ2n) is 5.92. The maximum atomic E-state index is 6.38. The first-order valence-corrected chi connectivity index (χ1v) is 9.98. The minimum absolute atomic E-state index is 0.0185. The number of nitrogens with one attached hydrogen (secondary N) is 1. The topological polar surface area (TPSA) is 21.3 Å². The predicted octanol–water partition coefficient (Wildman–Crippen LogP) is 5.16. The molecule has 0 bridgehead atoms. The van der Waals surface area contributed by atoms with Crippen molar-refractivity contribution >= 4 is 27.3 Å². The molecule has 1 fully saturated rings. The number of hydrogen-bond donors (Lipinski definition) is 1. The molecule has 21 heavy (non-hydrogen) atoms. The highest BCUT2D eigenvalue weighted by molar-refractivity contribution is 9.10. The van der Waals surface area contributed by atoms with Gasteiger partial charge in [0, 0.05) is 28.4 Å². The van der Waals surface area contributed by atoms with Gasteiger partial charge in [0.1, 0.15) is 0 Å². The molecule has 0 saturated heterocycles. The normalized spacial score (nSPS) is 20.1. The molecule has 0 aromatic carbocycles. The number of hydrogen-bond acceptors (Lipinski definition) is 3. The SMILES string of the molecule is CCNC(Cc1sccc1Br)C1(OCC)CCCCCC1. The maximum absolute atomic E-state index is 6.38. The van der Waals surface area contributed by atoms with E-state index in [0.29, 0.717) is 6.04 Å². The summed E-state index contributed by atoms with van der Waals surface area (Å²) in [6.07, 6.45) is 8.77. The summed E-state index contributed by atoms with van der Waals surface area (Å²) in [7, 11) is 0. The zero-order valence-electron chi connectivity index (χ0n) is 13.3. The van der Waals surface area contributed by atoms with Crippen LogP contribution in [0.1, 0.15) is 57.2 Å². The molecule has 1 N–H and O–H groups in total. The first kappa shape index (κ1) is 17.5. The van der Waals surface area contributed by atoms with E-state index >= 15 is 0 Å². The van der Waals surface area contributed by atoms with E-state index in [4.69, 9.17) is 4.74 Å². The lowest BCUT2D eigenvalue weighted by Gasteiger charge is -2.40. The fourth-order valence-corrected chi connectivity index (χ4v) is 5.12. The lowest BCUT2D eigenvalue weighted by molar-refractivity contribution is -0.0763. The van der Waals surface area contributed by atoms with Crippen molar-refractivity contribution in [2.45, 2.75) is 70.4 Å². The van der Waals surface area contributed by atoms with E-state index in [1.165, 1.54) is 47.9 Å². The van der Waals surface area contributed by atoms with Crippen LogP contribution in [0.25, 0.3) is 0 Å². The van der Waals surface area contributed by atoms with Crippen molar-refractivity contribution in [3.8, 4) is 0 Å². The molecule has 1 heterocycles. The van der Waals surface area contributed by atoms with Crippen molar-refractivity contribution in [3.63, 3.8) is 0 Å². The highest BCUT2D eigenvalue weighted by Gasteiger charge is 2.39. The third-order valence-corrected chi connectivity index (χ3v) is 6.50. The predicted molar refractivity (Wildman–Crippen MR) is 95.2 cm³/mol. The Morgan fingerprint density at radius 3 is 2.52 bits per heavy atom. The summed E-state index contributed by atoms with van der Waals surface area (Å²) in [4.78, 5) is 1.43. The van der Waals surface area contributed by atoms with Crippen LogP contribution in [0.5, 0.6) is 0 Å². The van der Waals surface area contributed by atoms with Crippen LogP contribution in [0.15, 0.2) is 15.9 Å². The van der Waals surface area contributed by atoms with Gasteiger partial charge in [-0.25, -0.2) is 0 Å². The number of ether oxygens (including phenoxy) is 1. The highest BCUT2D eigenvalue weighted by atomic mass is 79.9. The molecule has 0 amide bonds. The van der Waals surface area contributed by atoms with Gasteiger partial charge in [0.15, 0.2) is 0 Å². The van der Waals surface area contributed by atoms with Crippen LogP contribution in [-0.4, -0.2) is 24.8 Å². The Morgan fingerprint density at radius 2 is 2.00 bits per heavy atom. The van der Waals surface area contributed by atoms with Crippen LogP contribution in [0.2, 0.25) is 0 Å². The quantitative estimate of drug-likeness (QED) is 0.666. The molecule has 1 atom stereocenters. The van der Waals surface area contributed by atoms with Crippen LogP contribution in [0.4, 0.5) is 0 Å². The van der Waals surface area contributed by atoms with Gasteiger partial charge in [0.2, 0.25) is 0 Å². The van der Waals surface area contributed by atoms with Gasteiger partial charge in [-0.1, -0.05) is 32.6 Å². The Hall–Kier alpha value is 0.1000. The second-order valence-corrected chi connectivity index (χ2v) is 7.77. The van der Waals surface area contributed by atoms with Crippen molar-refractivity contribution in [2.75, 3.05) is 13.2 Å². The van der Waals surface area contributed by atoms with E-state index in [2.05, 4.69) is 46.5 Å². The Bertz CT molecular complexity index is 413. The minimum Gasteiger partial charge on any atom is -0.374 e. The number of halogens is 1. The molecule has 1 saturated carbocycles. The maximum Gasteiger partial charge on any atom is 0.0838 e. The molecule has 0 spiro atoms. The van der Waals surface area contributed by atoms with Gasteiger partial charge in [0.05, 0.1) is 5.60 Å². The van der Waals surface area contributed by atoms with Crippen LogP contribution in [-0.2, 0) is 11.2 Å². The zero-order valence-corrected chi connectivity index (χ0v) is 15.7. The summed E-state index contributed by atoms with van der Waals surface area (Å²) in [5, 5.41) is 5.90. The lowest BCUT2D eigenvalue weighted by Crippen LogP contribution is -2.53. The highest BCUT2D eigenvalue weighted by Crippen LogP contribution is 2.36. The van der Waals surface area contributed by atoms with Crippen molar-refractivity contribution in [1.82, 2.24) is 5.32 Å². The third-order valence-electron chi connectivity index (χ3n) is 4.55. The second kappa shape index (κ2) is 8.66. The van der Waals surface area contributed by atoms with Gasteiger partial charge in [-0.15, -0.1) is 11.3 Å². The summed E-state index contributed by atoms with van der Waals surface area (Å²) in [5.74, 6) is 0. The van der Waals surface area contributed by atoms with Gasteiger partial charge in [-0.2, -0.15) is 0 Å². The Labute approximate surface area is 141 Å². The number of thiophene rings is 1. The van der Waals surface area contributed by atoms with E-state index in [9.17, 15) is 0 Å². The Kier molecular flexibility index (Phi) is 7.20. The van der Waals surface area contributed by atoms with Gasteiger partial charge in [-0.3, -0.25) is 0 Å². The summed E-state index contributed by atoms with van der Waals surface area (Å²) >= 11 is 5.53. The van der Waals surface area contributed by atoms with Crippen molar-refractivity contribution in [2.24, 2.45) is 0 Å². The molecule has 1 aromatic rings. The van der Waals surface area contributed by atoms with Crippen LogP contribution >= 0.6 is 27.3 Å². The summed E-state index contributed by atoms with van der Waals surface area (Å²) < 4.78 is 7.63. The molecule has 4 heteroatoms. The zero-order chi connectivity index (χ0) is 15.1. The van der Waals surface area contributed by atoms with Gasteiger partial charge in [0.25, 0.3) is 0 Å². The molecule has 2 rings (SSSR count). The first-order valence-electron chi connectivity index (χ1n) is 8.31. The van der Waals surface area contributed by atoms with E-state index in [-0.39, 0.29) is 5.60 Å². The van der Waals surface area contributed by atoms with E-state index in [0.717, 1.165) is 19.6 Å². The smallest absolute Gasteiger partial charge is 0.0838 e. The fraction of sp³-hybridized carbons (Fsp3) is 0.765. The number of likely N-dealkylation sites (N-methyl/N-ethyl adjacent to an activating group) is 1. The van der Waals surface area contributed by atoms with E-state index in [1.54, 1.807) is 0 Å². The average molecular weight is 374 g/mol. The van der Waals surface area contributed by atoms with E-state index in [1.807, 2.05) is 11.3 Å². The Morgan fingerprint density at radius 1 is 1.29 bits per heavy atom. The molecular weight excluding hydrogens is 346 g/mol. The van der Waals surface area contributed by atoms with Crippen LogP contribution in [0, 0.1) is 0 Å². The number of rotatable bonds is 7. The molecule has 2 nitrogen and oxygen atoms in total. The largest absolute Gasteiger partial charge is 0.374 e. The monoisotopic (exact) mass is 373 g/mol.